The van der Waals surface area contributed by atoms with E-state index in [2.05, 4.69) is 6.92 Å². The van der Waals surface area contributed by atoms with E-state index in [1.165, 1.54) is 76.7 Å². The lowest BCUT2D eigenvalue weighted by Gasteiger charge is -2.05. The fraction of sp³-hybridized carbons (Fsp3) is 0.682. The molecule has 0 spiro atoms. The zero-order valence-corrected chi connectivity index (χ0v) is 16.0. The Morgan fingerprint density at radius 1 is 0.840 bits per heavy atom. The van der Waals surface area contributed by atoms with Gasteiger partial charge >= 0.3 is 5.97 Å². The lowest BCUT2D eigenvalue weighted by Crippen LogP contribution is -2.07. The van der Waals surface area contributed by atoms with E-state index in [1.54, 1.807) is 18.2 Å². The van der Waals surface area contributed by atoms with Crippen LogP contribution < -0.4 is 4.74 Å². The van der Waals surface area contributed by atoms with Gasteiger partial charge in [-0.1, -0.05) is 90.0 Å². The molecular weight excluding hydrogens is 312 g/mol. The Balaban J connectivity index is 1.86. The van der Waals surface area contributed by atoms with Crippen LogP contribution in [0.2, 0.25) is 0 Å². The number of carbonyl (C=O) groups excluding carboxylic acids is 1. The van der Waals surface area contributed by atoms with Gasteiger partial charge in [0.25, 0.3) is 0 Å². The summed E-state index contributed by atoms with van der Waals surface area (Å²) in [6, 6.07) is 6.37. The van der Waals surface area contributed by atoms with Gasteiger partial charge in [0.15, 0.2) is 0 Å². The van der Waals surface area contributed by atoms with Gasteiger partial charge in [0, 0.05) is 12.5 Å². The molecule has 142 valence electrons. The average Bonchev–Trinajstić information content (AvgIpc) is 2.59. The largest absolute Gasteiger partial charge is 0.508 e. The van der Waals surface area contributed by atoms with Crippen molar-refractivity contribution in [1.29, 1.82) is 0 Å². The van der Waals surface area contributed by atoms with Crippen molar-refractivity contribution >= 4 is 5.97 Å². The quantitative estimate of drug-likeness (QED) is 0.216. The molecule has 1 rings (SSSR count). The number of hydrogen-bond donors (Lipinski definition) is 1. The number of aromatic hydroxyl groups is 1. The summed E-state index contributed by atoms with van der Waals surface area (Å²) in [5.41, 5.74) is 0. The molecule has 0 radical (unpaired) electrons. The number of ether oxygens (including phenoxy) is 1. The third-order valence-electron chi connectivity index (χ3n) is 4.53. The van der Waals surface area contributed by atoms with Crippen LogP contribution in [0.25, 0.3) is 0 Å². The van der Waals surface area contributed by atoms with Gasteiger partial charge in [-0.05, 0) is 18.6 Å². The lowest BCUT2D eigenvalue weighted by atomic mass is 10.0. The zero-order valence-electron chi connectivity index (χ0n) is 16.0. The van der Waals surface area contributed by atoms with E-state index < -0.39 is 0 Å². The maximum absolute atomic E-state index is 11.7. The highest BCUT2D eigenvalue weighted by Crippen LogP contribution is 2.18. The summed E-state index contributed by atoms with van der Waals surface area (Å²) in [7, 11) is 0. The van der Waals surface area contributed by atoms with Gasteiger partial charge in [-0.25, -0.2) is 0 Å². The van der Waals surface area contributed by atoms with Crippen LogP contribution in [0.1, 0.15) is 96.8 Å². The van der Waals surface area contributed by atoms with Crippen LogP contribution in [-0.2, 0) is 4.79 Å². The van der Waals surface area contributed by atoms with Crippen molar-refractivity contribution < 1.29 is 14.6 Å². The van der Waals surface area contributed by atoms with Crippen LogP contribution in [0.3, 0.4) is 0 Å². The summed E-state index contributed by atoms with van der Waals surface area (Å²) in [4.78, 5) is 11.7. The van der Waals surface area contributed by atoms with E-state index in [9.17, 15) is 9.90 Å². The van der Waals surface area contributed by atoms with Crippen molar-refractivity contribution in [3.05, 3.63) is 24.3 Å². The summed E-state index contributed by atoms with van der Waals surface area (Å²) in [6.45, 7) is 2.26. The zero-order chi connectivity index (χ0) is 18.2. The Hall–Kier alpha value is -1.51. The Kier molecular flexibility index (Phi) is 12.7. The first-order valence-corrected chi connectivity index (χ1v) is 10.2. The molecule has 0 amide bonds. The van der Waals surface area contributed by atoms with Gasteiger partial charge < -0.3 is 9.84 Å². The molecule has 0 aromatic heterocycles. The molecule has 0 bridgehead atoms. The monoisotopic (exact) mass is 348 g/mol. The number of hydrogen-bond acceptors (Lipinski definition) is 3. The smallest absolute Gasteiger partial charge is 0.311 e. The molecular formula is C22H36O3. The van der Waals surface area contributed by atoms with E-state index >= 15 is 0 Å². The van der Waals surface area contributed by atoms with Crippen LogP contribution in [0.5, 0.6) is 11.5 Å². The summed E-state index contributed by atoms with van der Waals surface area (Å²) in [5.74, 6) is 0.319. The van der Waals surface area contributed by atoms with Gasteiger partial charge in [0.1, 0.15) is 11.5 Å². The molecule has 0 fully saturated rings. The SMILES string of the molecule is CCCCCCCCCCCCCCCC(=O)Oc1cccc(O)c1. The predicted molar refractivity (Wildman–Crippen MR) is 104 cm³/mol. The molecule has 0 aliphatic rings. The first-order valence-electron chi connectivity index (χ1n) is 10.2. The van der Waals surface area contributed by atoms with Crippen LogP contribution in [0.4, 0.5) is 0 Å². The second kappa shape index (κ2) is 14.8. The molecule has 1 aromatic rings. The fourth-order valence-electron chi connectivity index (χ4n) is 3.02. The first-order chi connectivity index (χ1) is 12.2. The minimum absolute atomic E-state index is 0.117. The van der Waals surface area contributed by atoms with Gasteiger partial charge in [0.2, 0.25) is 0 Å². The standard InChI is InChI=1S/C22H36O3/c1-2-3-4-5-6-7-8-9-10-11-12-13-14-18-22(24)25-21-17-15-16-20(23)19-21/h15-17,19,23H,2-14,18H2,1H3. The molecule has 3 nitrogen and oxygen atoms in total. The molecule has 3 heteroatoms. The third kappa shape index (κ3) is 12.5. The third-order valence-corrected chi connectivity index (χ3v) is 4.53. The van der Waals surface area contributed by atoms with Gasteiger partial charge in [-0.15, -0.1) is 0 Å². The highest BCUT2D eigenvalue weighted by atomic mass is 16.5. The van der Waals surface area contributed by atoms with Crippen molar-refractivity contribution in [1.82, 2.24) is 0 Å². The Bertz CT molecular complexity index is 456. The Morgan fingerprint density at radius 2 is 1.36 bits per heavy atom. The van der Waals surface area contributed by atoms with Crippen LogP contribution in [0.15, 0.2) is 24.3 Å². The molecule has 0 heterocycles. The molecule has 0 atom stereocenters. The van der Waals surface area contributed by atoms with Crippen molar-refractivity contribution in [2.45, 2.75) is 96.8 Å². The van der Waals surface area contributed by atoms with Crippen molar-refractivity contribution in [2.75, 3.05) is 0 Å². The number of benzene rings is 1. The number of esters is 1. The number of unbranched alkanes of at least 4 members (excludes halogenated alkanes) is 12. The van der Waals surface area contributed by atoms with Crippen molar-refractivity contribution in [3.63, 3.8) is 0 Å². The van der Waals surface area contributed by atoms with E-state index in [1.807, 2.05) is 0 Å². The minimum Gasteiger partial charge on any atom is -0.508 e. The van der Waals surface area contributed by atoms with E-state index in [0.29, 0.717) is 12.2 Å². The van der Waals surface area contributed by atoms with Crippen LogP contribution in [0, 0.1) is 0 Å². The molecule has 0 saturated heterocycles. The second-order valence-corrected chi connectivity index (χ2v) is 6.96. The maximum atomic E-state index is 11.7. The summed E-state index contributed by atoms with van der Waals surface area (Å²) >= 11 is 0. The highest BCUT2D eigenvalue weighted by Gasteiger charge is 2.05. The van der Waals surface area contributed by atoms with Gasteiger partial charge in [-0.3, -0.25) is 4.79 Å². The molecule has 1 aromatic carbocycles. The molecule has 0 aliphatic heterocycles. The van der Waals surface area contributed by atoms with Crippen molar-refractivity contribution in [2.24, 2.45) is 0 Å². The lowest BCUT2D eigenvalue weighted by molar-refractivity contribution is -0.134. The summed E-state index contributed by atoms with van der Waals surface area (Å²) in [5, 5.41) is 9.33. The number of phenolic OH excluding ortho intramolecular Hbond substituents is 1. The molecule has 25 heavy (non-hydrogen) atoms. The topological polar surface area (TPSA) is 46.5 Å². The average molecular weight is 349 g/mol. The van der Waals surface area contributed by atoms with Crippen LogP contribution >= 0.6 is 0 Å². The molecule has 0 unspecified atom stereocenters. The summed E-state index contributed by atoms with van der Waals surface area (Å²) < 4.78 is 5.20. The maximum Gasteiger partial charge on any atom is 0.311 e. The number of phenols is 1. The van der Waals surface area contributed by atoms with E-state index in [-0.39, 0.29) is 11.7 Å². The highest BCUT2D eigenvalue weighted by molar-refractivity contribution is 5.72. The minimum atomic E-state index is -0.214. The summed E-state index contributed by atoms with van der Waals surface area (Å²) in [6.07, 6.45) is 17.3. The Morgan fingerprint density at radius 3 is 1.88 bits per heavy atom. The van der Waals surface area contributed by atoms with Crippen molar-refractivity contribution in [3.8, 4) is 11.5 Å². The molecule has 0 aliphatic carbocycles. The van der Waals surface area contributed by atoms with Gasteiger partial charge in [-0.2, -0.15) is 0 Å². The van der Waals surface area contributed by atoms with Gasteiger partial charge in [0.05, 0.1) is 0 Å². The van der Waals surface area contributed by atoms with E-state index in [4.69, 9.17) is 4.74 Å². The number of carbonyl (C=O) groups is 1. The fourth-order valence-corrected chi connectivity index (χ4v) is 3.02. The Labute approximate surface area is 153 Å². The molecule has 0 saturated carbocycles. The van der Waals surface area contributed by atoms with E-state index in [0.717, 1.165) is 12.8 Å². The first kappa shape index (κ1) is 21.5. The number of rotatable bonds is 15. The van der Waals surface area contributed by atoms with Crippen LogP contribution in [-0.4, -0.2) is 11.1 Å². The molecule has 1 N–H and O–H groups in total. The normalized spacial score (nSPS) is 10.8. The predicted octanol–water partition coefficient (Wildman–Crippen LogP) is 6.78. The second-order valence-electron chi connectivity index (χ2n) is 6.96.